The van der Waals surface area contributed by atoms with Gasteiger partial charge in [-0.3, -0.25) is 0 Å². The maximum atomic E-state index is 5.40. The molecule has 2 N–H and O–H groups in total. The molecule has 1 fully saturated rings. The number of thiocarbonyl (C=S) groups is 1. The Balaban J connectivity index is 1.30. The van der Waals surface area contributed by atoms with E-state index in [4.69, 9.17) is 21.7 Å². The lowest BCUT2D eigenvalue weighted by Gasteiger charge is -2.34. The summed E-state index contributed by atoms with van der Waals surface area (Å²) in [5, 5.41) is 6.96. The molecule has 0 spiro atoms. The topological polar surface area (TPSA) is 58.7 Å². The average molecular weight is 385 g/mol. The fraction of sp³-hybridized carbons (Fsp3) is 0.400. The normalized spacial score (nSPS) is 18.3. The number of benzene rings is 1. The minimum Gasteiger partial charge on any atom is -0.454 e. The third kappa shape index (κ3) is 4.24. The number of rotatable bonds is 4. The van der Waals surface area contributed by atoms with Gasteiger partial charge >= 0.3 is 0 Å². The van der Waals surface area contributed by atoms with Crippen LogP contribution in [0.25, 0.3) is 0 Å². The highest BCUT2D eigenvalue weighted by atomic mass is 32.1. The first-order valence-corrected chi connectivity index (χ1v) is 9.76. The van der Waals surface area contributed by atoms with Crippen molar-refractivity contribution in [2.45, 2.75) is 38.8 Å². The van der Waals surface area contributed by atoms with Crippen LogP contribution in [-0.4, -0.2) is 29.5 Å². The van der Waals surface area contributed by atoms with Gasteiger partial charge in [-0.1, -0.05) is 6.07 Å². The lowest BCUT2D eigenvalue weighted by Crippen LogP contribution is -2.37. The van der Waals surface area contributed by atoms with E-state index in [9.17, 15) is 0 Å². The number of aromatic nitrogens is 1. The predicted molar refractivity (Wildman–Crippen MR) is 111 cm³/mol. The zero-order valence-corrected chi connectivity index (χ0v) is 16.2. The summed E-state index contributed by atoms with van der Waals surface area (Å²) >= 11 is 5.39. The van der Waals surface area contributed by atoms with Crippen LogP contribution in [0.15, 0.2) is 36.5 Å². The summed E-state index contributed by atoms with van der Waals surface area (Å²) in [7, 11) is 0. The van der Waals surface area contributed by atoms with Gasteiger partial charge in [-0.2, -0.15) is 0 Å². The molecule has 2 aliphatic heterocycles. The fourth-order valence-corrected chi connectivity index (χ4v) is 3.67. The Kier molecular flexibility index (Phi) is 5.29. The minimum absolute atomic E-state index is 0.283. The molecule has 1 atom stereocenters. The standard InChI is InChI=1S/C20H24N4O2S/c1-14-4-2-3-9-24(14)19-8-6-16(12-21-19)23-20(27)22-11-15-5-7-17-18(10-15)26-13-25-17/h5-8,10,12,14H,2-4,9,11,13H2,1H3,(H2,22,23,27). The fourth-order valence-electron chi connectivity index (χ4n) is 3.48. The van der Waals surface area contributed by atoms with Gasteiger partial charge in [0, 0.05) is 19.1 Å². The number of hydrogen-bond acceptors (Lipinski definition) is 5. The summed E-state index contributed by atoms with van der Waals surface area (Å²) in [6.07, 6.45) is 5.61. The molecule has 1 unspecified atom stereocenters. The van der Waals surface area contributed by atoms with E-state index >= 15 is 0 Å². The molecule has 3 heterocycles. The molecule has 6 nitrogen and oxygen atoms in total. The van der Waals surface area contributed by atoms with Crippen molar-refractivity contribution in [1.82, 2.24) is 10.3 Å². The van der Waals surface area contributed by atoms with Crippen LogP contribution in [0, 0.1) is 0 Å². The number of nitrogens with one attached hydrogen (secondary N) is 2. The Morgan fingerprint density at radius 2 is 2.11 bits per heavy atom. The van der Waals surface area contributed by atoms with E-state index in [1.54, 1.807) is 0 Å². The second kappa shape index (κ2) is 8.00. The first-order chi connectivity index (χ1) is 13.2. The number of nitrogens with zero attached hydrogens (tertiary/aromatic N) is 2. The molecule has 0 radical (unpaired) electrons. The van der Waals surface area contributed by atoms with Crippen LogP contribution in [0.4, 0.5) is 11.5 Å². The zero-order chi connectivity index (χ0) is 18.6. The van der Waals surface area contributed by atoms with Gasteiger partial charge in [-0.25, -0.2) is 4.98 Å². The van der Waals surface area contributed by atoms with Crippen molar-refractivity contribution in [3.05, 3.63) is 42.1 Å². The van der Waals surface area contributed by atoms with E-state index in [2.05, 4.69) is 33.5 Å². The average Bonchev–Trinajstić information content (AvgIpc) is 3.15. The second-order valence-electron chi connectivity index (χ2n) is 6.94. The summed E-state index contributed by atoms with van der Waals surface area (Å²) in [4.78, 5) is 6.99. The molecular weight excluding hydrogens is 360 g/mol. The quantitative estimate of drug-likeness (QED) is 0.780. The highest BCUT2D eigenvalue weighted by Crippen LogP contribution is 2.32. The summed E-state index contributed by atoms with van der Waals surface area (Å²) < 4.78 is 10.7. The van der Waals surface area contributed by atoms with E-state index in [0.29, 0.717) is 17.7 Å². The summed E-state index contributed by atoms with van der Waals surface area (Å²) in [5.41, 5.74) is 1.96. The molecule has 0 bridgehead atoms. The number of piperidine rings is 1. The Morgan fingerprint density at radius 3 is 2.93 bits per heavy atom. The van der Waals surface area contributed by atoms with Crippen molar-refractivity contribution < 1.29 is 9.47 Å². The SMILES string of the molecule is CC1CCCCN1c1ccc(NC(=S)NCc2ccc3c(c2)OCO3)cn1. The van der Waals surface area contributed by atoms with Crippen molar-refractivity contribution in [1.29, 1.82) is 0 Å². The molecule has 2 aromatic rings. The van der Waals surface area contributed by atoms with Crippen molar-refractivity contribution >= 4 is 28.8 Å². The molecular formula is C20H24N4O2S. The van der Waals surface area contributed by atoms with Gasteiger partial charge in [0.25, 0.3) is 0 Å². The number of anilines is 2. The van der Waals surface area contributed by atoms with E-state index < -0.39 is 0 Å². The molecule has 4 rings (SSSR count). The molecule has 7 heteroatoms. The van der Waals surface area contributed by atoms with Crippen molar-refractivity contribution in [3.63, 3.8) is 0 Å². The smallest absolute Gasteiger partial charge is 0.231 e. The Labute approximate surface area is 164 Å². The minimum atomic E-state index is 0.283. The van der Waals surface area contributed by atoms with Gasteiger partial charge in [-0.15, -0.1) is 0 Å². The van der Waals surface area contributed by atoms with Crippen LogP contribution in [0.3, 0.4) is 0 Å². The number of fused-ring (bicyclic) bond motifs is 1. The van der Waals surface area contributed by atoms with Gasteiger partial charge < -0.3 is 25.0 Å². The van der Waals surface area contributed by atoms with Gasteiger partial charge in [0.05, 0.1) is 11.9 Å². The summed E-state index contributed by atoms with van der Waals surface area (Å²) in [6.45, 7) is 4.24. The predicted octanol–water partition coefficient (Wildman–Crippen LogP) is 3.68. The molecule has 142 valence electrons. The maximum absolute atomic E-state index is 5.40. The molecule has 1 aromatic carbocycles. The van der Waals surface area contributed by atoms with Crippen molar-refractivity contribution in [2.24, 2.45) is 0 Å². The van der Waals surface area contributed by atoms with E-state index in [0.717, 1.165) is 35.1 Å². The first-order valence-electron chi connectivity index (χ1n) is 9.35. The molecule has 0 amide bonds. The monoisotopic (exact) mass is 384 g/mol. The molecule has 1 aromatic heterocycles. The molecule has 0 aliphatic carbocycles. The van der Waals surface area contributed by atoms with Gasteiger partial charge in [0.1, 0.15) is 5.82 Å². The Morgan fingerprint density at radius 1 is 1.22 bits per heavy atom. The lowest BCUT2D eigenvalue weighted by molar-refractivity contribution is 0.174. The van der Waals surface area contributed by atoms with Crippen LogP contribution in [-0.2, 0) is 6.54 Å². The largest absolute Gasteiger partial charge is 0.454 e. The van der Waals surface area contributed by atoms with Crippen molar-refractivity contribution in [2.75, 3.05) is 23.6 Å². The molecule has 27 heavy (non-hydrogen) atoms. The lowest BCUT2D eigenvalue weighted by atomic mass is 10.0. The highest BCUT2D eigenvalue weighted by Gasteiger charge is 2.19. The van der Waals surface area contributed by atoms with Crippen LogP contribution < -0.4 is 25.0 Å². The van der Waals surface area contributed by atoms with E-state index in [1.165, 1.54) is 19.3 Å². The van der Waals surface area contributed by atoms with E-state index in [1.807, 2.05) is 30.5 Å². The Hall–Kier alpha value is -2.54. The van der Waals surface area contributed by atoms with Gasteiger partial charge in [-0.05, 0) is 68.2 Å². The number of pyridine rings is 1. The van der Waals surface area contributed by atoms with Crippen LogP contribution >= 0.6 is 12.2 Å². The third-order valence-corrected chi connectivity index (χ3v) is 5.24. The highest BCUT2D eigenvalue weighted by molar-refractivity contribution is 7.80. The van der Waals surface area contributed by atoms with Crippen LogP contribution in [0.5, 0.6) is 11.5 Å². The van der Waals surface area contributed by atoms with Crippen molar-refractivity contribution in [3.8, 4) is 11.5 Å². The van der Waals surface area contributed by atoms with E-state index in [-0.39, 0.29) is 6.79 Å². The molecule has 0 saturated carbocycles. The number of ether oxygens (including phenoxy) is 2. The second-order valence-corrected chi connectivity index (χ2v) is 7.35. The first kappa shape index (κ1) is 17.9. The van der Waals surface area contributed by atoms with Gasteiger partial charge in [0.15, 0.2) is 16.6 Å². The maximum Gasteiger partial charge on any atom is 0.231 e. The zero-order valence-electron chi connectivity index (χ0n) is 15.4. The molecule has 2 aliphatic rings. The number of hydrogen-bond donors (Lipinski definition) is 2. The molecule has 1 saturated heterocycles. The summed E-state index contributed by atoms with van der Waals surface area (Å²) in [6, 6.07) is 10.5. The Bertz CT molecular complexity index is 812. The summed E-state index contributed by atoms with van der Waals surface area (Å²) in [5.74, 6) is 2.60. The van der Waals surface area contributed by atoms with Gasteiger partial charge in [0.2, 0.25) is 6.79 Å². The van der Waals surface area contributed by atoms with Crippen LogP contribution in [0.1, 0.15) is 31.7 Å². The third-order valence-electron chi connectivity index (χ3n) is 4.99. The van der Waals surface area contributed by atoms with Crippen LogP contribution in [0.2, 0.25) is 0 Å².